The summed E-state index contributed by atoms with van der Waals surface area (Å²) in [4.78, 5) is 70.1. The molecular formula is C109H125N9O12. The van der Waals surface area contributed by atoms with Gasteiger partial charge in [-0.1, -0.05) is 218 Å². The number of ether oxygens (including phenoxy) is 8. The summed E-state index contributed by atoms with van der Waals surface area (Å²) in [5.41, 5.74) is 10.1. The average molecular weight is 1750 g/mol. The van der Waals surface area contributed by atoms with Crippen LogP contribution in [0, 0.1) is 0 Å². The molecule has 0 radical (unpaired) electrons. The molecule has 0 saturated carbocycles. The van der Waals surface area contributed by atoms with Crippen LogP contribution in [0.5, 0.6) is 0 Å². The Morgan fingerprint density at radius 1 is 0.377 bits per heavy atom. The fourth-order valence-electron chi connectivity index (χ4n) is 21.3. The van der Waals surface area contributed by atoms with E-state index in [2.05, 4.69) is 146 Å². The van der Waals surface area contributed by atoms with Gasteiger partial charge in [-0.25, -0.2) is 4.98 Å². The van der Waals surface area contributed by atoms with E-state index in [0.717, 1.165) is 152 Å². The maximum Gasteiger partial charge on any atom is 0.273 e. The number of para-hydroxylation sites is 2. The van der Waals surface area contributed by atoms with Crippen molar-refractivity contribution < 1.29 is 57.1 Å². The van der Waals surface area contributed by atoms with E-state index in [9.17, 15) is 19.2 Å². The van der Waals surface area contributed by atoms with Gasteiger partial charge in [0.25, 0.3) is 23.6 Å². The van der Waals surface area contributed by atoms with Gasteiger partial charge >= 0.3 is 0 Å². The number of amides is 4. The number of nitrogens with zero attached hydrogens (tertiary/aromatic N) is 9. The van der Waals surface area contributed by atoms with E-state index in [0.29, 0.717) is 95.9 Å². The lowest BCUT2D eigenvalue weighted by Crippen LogP contribution is -2.52. The highest BCUT2D eigenvalue weighted by atomic mass is 16.5. The quantitative estimate of drug-likeness (QED) is 0.0832. The maximum atomic E-state index is 13.4. The van der Waals surface area contributed by atoms with Crippen LogP contribution in [0.4, 0.5) is 0 Å². The van der Waals surface area contributed by atoms with Crippen LogP contribution >= 0.6 is 0 Å². The van der Waals surface area contributed by atoms with Crippen molar-refractivity contribution in [2.45, 2.75) is 202 Å². The molecule has 4 amide bonds. The number of aryl methyl sites for hydroxylation is 2. The lowest BCUT2D eigenvalue weighted by atomic mass is 9.80. The van der Waals surface area contributed by atoms with Gasteiger partial charge in [-0.2, -0.15) is 5.10 Å². The minimum absolute atomic E-state index is 0.00220. The normalized spacial score (nSPS) is 22.7. The van der Waals surface area contributed by atoms with Crippen LogP contribution < -0.4 is 0 Å². The summed E-state index contributed by atoms with van der Waals surface area (Å²) >= 11 is 0. The largest absolute Gasteiger partial charge is 0.378 e. The van der Waals surface area contributed by atoms with Crippen molar-refractivity contribution >= 4 is 56.2 Å². The molecule has 12 heterocycles. The Kier molecular flexibility index (Phi) is 29.0. The number of benzene rings is 8. The minimum Gasteiger partial charge on any atom is -0.378 e. The Hall–Kier alpha value is -11.1. The second kappa shape index (κ2) is 41.6. The molecule has 130 heavy (non-hydrogen) atoms. The van der Waals surface area contributed by atoms with Crippen molar-refractivity contribution in [2.24, 2.45) is 14.1 Å². The van der Waals surface area contributed by atoms with Crippen molar-refractivity contribution in [3.8, 4) is 11.3 Å². The smallest absolute Gasteiger partial charge is 0.273 e. The Morgan fingerprint density at radius 3 is 1.17 bits per heavy atom. The first-order valence-electron chi connectivity index (χ1n) is 47.4. The van der Waals surface area contributed by atoms with Crippen molar-refractivity contribution in [2.75, 3.05) is 78.8 Å². The second-order valence-electron chi connectivity index (χ2n) is 36.4. The molecule has 678 valence electrons. The monoisotopic (exact) mass is 1750 g/mol. The van der Waals surface area contributed by atoms with E-state index in [1.807, 2.05) is 190 Å². The molecule has 0 N–H and O–H groups in total. The van der Waals surface area contributed by atoms with Crippen LogP contribution in [-0.2, 0) is 52.0 Å². The summed E-state index contributed by atoms with van der Waals surface area (Å²) in [6, 6.07) is 83.4. The highest BCUT2D eigenvalue weighted by molar-refractivity contribution is 6.07. The standard InChI is InChI=1S/C28H33N3O3.C27H32N2O3.2C27H30N2O3/c1-3-33-23-18-26(22-12-8-5-9-13-22)34-28(20-23)14-16-31(17-15-28)27(32)25-19-24(29-30(25)2)21-10-6-4-7-11-21;1-3-31-21-17-25(20-9-5-4-6-10-20)32-27(18-21)13-15-29(16-14-27)26(30)23-19-28(2)24-12-8-7-11-22(23)24;1-2-31-22-18-24(21-9-4-3-5-10-21)32-27(19-22)13-16-29(17-14-27)26(30)25-23-11-7-6-8-20(23)12-15-28-25;1-2-31-22-18-25(21-9-4-3-5-10-21)32-27(19-22)14-16-29(17-15-27)26(30)24-13-12-20-8-6-7-11-23(20)28-24/h4-13,19,23,26H,3,14-18,20H2,1-2H3;4-12,19,21,25H,3,13-18H2,1-2H3;3-12,15,22,24H,2,13-14,16-19H2,1H3;3-13,22,25H,2,14-19H2,1H3. The van der Waals surface area contributed by atoms with E-state index in [1.165, 1.54) is 22.3 Å². The predicted octanol–water partition coefficient (Wildman–Crippen LogP) is 20.5. The van der Waals surface area contributed by atoms with Crippen LogP contribution in [0.3, 0.4) is 0 Å². The van der Waals surface area contributed by atoms with E-state index < -0.39 is 0 Å². The third-order valence-corrected chi connectivity index (χ3v) is 28.0. The Morgan fingerprint density at radius 2 is 0.738 bits per heavy atom. The molecular weight excluding hydrogens is 1630 g/mol. The maximum absolute atomic E-state index is 13.4. The molecule has 12 aromatic rings. The molecule has 8 aromatic carbocycles. The van der Waals surface area contributed by atoms with Crippen LogP contribution in [0.2, 0.25) is 0 Å². The molecule has 8 aliphatic rings. The van der Waals surface area contributed by atoms with E-state index in [-0.39, 0.29) is 94.9 Å². The number of hydrogen-bond donors (Lipinski definition) is 0. The van der Waals surface area contributed by atoms with Gasteiger partial charge in [0.15, 0.2) is 0 Å². The first-order valence-corrected chi connectivity index (χ1v) is 47.4. The predicted molar refractivity (Wildman–Crippen MR) is 506 cm³/mol. The molecule has 8 unspecified atom stereocenters. The summed E-state index contributed by atoms with van der Waals surface area (Å²) < 4.78 is 55.1. The van der Waals surface area contributed by atoms with Crippen LogP contribution in [0.1, 0.15) is 219 Å². The summed E-state index contributed by atoms with van der Waals surface area (Å²) in [7, 11) is 3.84. The molecule has 21 heteroatoms. The number of fused-ring (bicyclic) bond motifs is 3. The zero-order valence-electron chi connectivity index (χ0n) is 76.2. The zero-order valence-corrected chi connectivity index (χ0v) is 76.2. The SMILES string of the molecule is CCOC1CC(c2ccccc2)OC2(CCN(C(=O)c3cc(-c4ccccc4)nn3C)CC2)C1.CCOC1CC(c2ccccc2)OC2(CCN(C(=O)c3ccc4ccccc4n3)CC2)C1.CCOC1CC(c2ccccc2)OC2(CCN(C(=O)c3cn(C)c4ccccc34)CC2)C1.CCOC1CC(c2ccccc2)OC2(CCN(C(=O)c3nccc4ccccc34)CC2)C1. The fraction of sp³-hybridized carbons (Fsp3) is 0.422. The number of carbonyl (C=O) groups excluding carboxylic acids is 4. The summed E-state index contributed by atoms with van der Waals surface area (Å²) in [5.74, 6) is 0.160. The Labute approximate surface area is 764 Å². The molecule has 4 spiro atoms. The molecule has 8 fully saturated rings. The van der Waals surface area contributed by atoms with Crippen LogP contribution in [0.25, 0.3) is 43.8 Å². The number of hydrogen-bond acceptors (Lipinski definition) is 15. The highest BCUT2D eigenvalue weighted by Gasteiger charge is 2.50. The second-order valence-corrected chi connectivity index (χ2v) is 36.4. The minimum atomic E-state index is -0.253. The molecule has 8 aliphatic heterocycles. The number of aromatic nitrogens is 5. The lowest BCUT2D eigenvalue weighted by molar-refractivity contribution is -0.191. The van der Waals surface area contributed by atoms with Gasteiger partial charge in [-0.3, -0.25) is 28.8 Å². The van der Waals surface area contributed by atoms with E-state index >= 15 is 0 Å². The van der Waals surface area contributed by atoms with Gasteiger partial charge in [-0.05, 0) is 137 Å². The topological polar surface area (TPSA) is 204 Å². The third kappa shape index (κ3) is 21.1. The van der Waals surface area contributed by atoms with Crippen molar-refractivity contribution in [3.05, 3.63) is 306 Å². The molecule has 8 atom stereocenters. The summed E-state index contributed by atoms with van der Waals surface area (Å²) in [5, 5.41) is 8.61. The number of carbonyl (C=O) groups is 4. The molecule has 0 aliphatic carbocycles. The Balaban J connectivity index is 0.000000121. The molecule has 0 bridgehead atoms. The lowest BCUT2D eigenvalue weighted by Gasteiger charge is -2.48. The highest BCUT2D eigenvalue weighted by Crippen LogP contribution is 2.49. The number of piperidine rings is 4. The van der Waals surface area contributed by atoms with Gasteiger partial charge in [-0.15, -0.1) is 0 Å². The first-order chi connectivity index (χ1) is 63.5. The zero-order chi connectivity index (χ0) is 89.6. The van der Waals surface area contributed by atoms with Gasteiger partial charge < -0.3 is 62.1 Å². The van der Waals surface area contributed by atoms with E-state index in [4.69, 9.17) is 37.9 Å². The fourth-order valence-corrected chi connectivity index (χ4v) is 21.3. The number of likely N-dealkylation sites (tertiary alicyclic amines) is 4. The van der Waals surface area contributed by atoms with Gasteiger partial charge in [0, 0.05) is 184 Å². The van der Waals surface area contributed by atoms with Crippen molar-refractivity contribution in [3.63, 3.8) is 0 Å². The van der Waals surface area contributed by atoms with Crippen LogP contribution in [-0.4, -0.2) is 193 Å². The average Bonchev–Trinajstić information content (AvgIpc) is 1.26. The first kappa shape index (κ1) is 90.8. The third-order valence-electron chi connectivity index (χ3n) is 28.0. The summed E-state index contributed by atoms with van der Waals surface area (Å²) in [6.07, 6.45) is 18.2. The molecule has 4 aromatic heterocycles. The molecule has 20 rings (SSSR count). The Bertz CT molecular complexity index is 5740. The van der Waals surface area contributed by atoms with Crippen molar-refractivity contribution in [1.82, 2.24) is 43.9 Å². The molecule has 8 saturated heterocycles. The van der Waals surface area contributed by atoms with Crippen molar-refractivity contribution in [1.29, 1.82) is 0 Å². The number of rotatable bonds is 17. The summed E-state index contributed by atoms with van der Waals surface area (Å²) in [6.45, 7) is 16.5. The van der Waals surface area contributed by atoms with Crippen LogP contribution in [0.15, 0.2) is 261 Å². The van der Waals surface area contributed by atoms with Gasteiger partial charge in [0.05, 0.1) is 88.0 Å². The van der Waals surface area contributed by atoms with Gasteiger partial charge in [0.1, 0.15) is 17.1 Å². The van der Waals surface area contributed by atoms with Gasteiger partial charge in [0.2, 0.25) is 0 Å². The molecule has 21 nitrogen and oxygen atoms in total. The van der Waals surface area contributed by atoms with E-state index in [1.54, 1.807) is 10.9 Å². The number of pyridine rings is 2.